The van der Waals surface area contributed by atoms with Crippen molar-refractivity contribution in [2.75, 3.05) is 25.6 Å². The van der Waals surface area contributed by atoms with Crippen molar-refractivity contribution in [2.24, 2.45) is 0 Å². The second-order valence-corrected chi connectivity index (χ2v) is 4.50. The number of nitrogens with one attached hydrogen (secondary N) is 1. The molecule has 1 aromatic heterocycles. The SMILES string of the molecule is COCCNc1nc(C)cn1-c1ccc(F)cc1Cl. The van der Waals surface area contributed by atoms with Gasteiger partial charge in [-0.15, -0.1) is 0 Å². The highest BCUT2D eigenvalue weighted by Crippen LogP contribution is 2.25. The Morgan fingerprint density at radius 2 is 2.26 bits per heavy atom. The van der Waals surface area contributed by atoms with Crippen LogP contribution in [0.1, 0.15) is 5.69 Å². The van der Waals surface area contributed by atoms with E-state index < -0.39 is 0 Å². The zero-order valence-electron chi connectivity index (χ0n) is 10.8. The molecular weight excluding hydrogens is 269 g/mol. The van der Waals surface area contributed by atoms with Crippen molar-refractivity contribution >= 4 is 17.5 Å². The van der Waals surface area contributed by atoms with E-state index in [1.54, 1.807) is 17.7 Å². The number of aryl methyl sites for hydroxylation is 1. The van der Waals surface area contributed by atoms with Gasteiger partial charge in [-0.25, -0.2) is 9.37 Å². The maximum atomic E-state index is 13.1. The van der Waals surface area contributed by atoms with Gasteiger partial charge in [0.15, 0.2) is 0 Å². The predicted octanol–water partition coefficient (Wildman–Crippen LogP) is 3.03. The van der Waals surface area contributed by atoms with Crippen molar-refractivity contribution in [2.45, 2.75) is 6.92 Å². The highest BCUT2D eigenvalue weighted by molar-refractivity contribution is 6.32. The van der Waals surface area contributed by atoms with Gasteiger partial charge in [0.2, 0.25) is 5.95 Å². The molecule has 6 heteroatoms. The van der Waals surface area contributed by atoms with Crippen LogP contribution in [0.3, 0.4) is 0 Å². The first-order valence-corrected chi connectivity index (χ1v) is 6.24. The first-order chi connectivity index (χ1) is 9.11. The highest BCUT2D eigenvalue weighted by atomic mass is 35.5. The van der Waals surface area contributed by atoms with E-state index in [0.29, 0.717) is 29.8 Å². The minimum atomic E-state index is -0.362. The Morgan fingerprint density at radius 1 is 1.47 bits per heavy atom. The summed E-state index contributed by atoms with van der Waals surface area (Å²) < 4.78 is 19.9. The minimum Gasteiger partial charge on any atom is -0.383 e. The van der Waals surface area contributed by atoms with Crippen LogP contribution in [0, 0.1) is 12.7 Å². The van der Waals surface area contributed by atoms with Gasteiger partial charge in [0, 0.05) is 19.9 Å². The molecule has 0 radical (unpaired) electrons. The van der Waals surface area contributed by atoms with Gasteiger partial charge in [0.05, 0.1) is 23.0 Å². The highest BCUT2D eigenvalue weighted by Gasteiger charge is 2.10. The summed E-state index contributed by atoms with van der Waals surface area (Å²) in [4.78, 5) is 4.37. The van der Waals surface area contributed by atoms with E-state index >= 15 is 0 Å². The van der Waals surface area contributed by atoms with Crippen molar-refractivity contribution < 1.29 is 9.13 Å². The van der Waals surface area contributed by atoms with Crippen molar-refractivity contribution in [1.29, 1.82) is 0 Å². The molecule has 0 aliphatic rings. The topological polar surface area (TPSA) is 39.1 Å². The van der Waals surface area contributed by atoms with Crippen molar-refractivity contribution in [3.63, 3.8) is 0 Å². The molecule has 4 nitrogen and oxygen atoms in total. The van der Waals surface area contributed by atoms with Gasteiger partial charge >= 0.3 is 0 Å². The first-order valence-electron chi connectivity index (χ1n) is 5.86. The van der Waals surface area contributed by atoms with E-state index in [-0.39, 0.29) is 5.82 Å². The van der Waals surface area contributed by atoms with Crippen LogP contribution in [0.15, 0.2) is 24.4 Å². The smallest absolute Gasteiger partial charge is 0.207 e. The lowest BCUT2D eigenvalue weighted by atomic mass is 10.3. The van der Waals surface area contributed by atoms with Crippen LogP contribution in [-0.4, -0.2) is 29.8 Å². The molecule has 19 heavy (non-hydrogen) atoms. The largest absolute Gasteiger partial charge is 0.383 e. The van der Waals surface area contributed by atoms with Crippen LogP contribution >= 0.6 is 11.6 Å². The Balaban J connectivity index is 2.32. The van der Waals surface area contributed by atoms with Gasteiger partial charge in [-0.3, -0.25) is 4.57 Å². The van der Waals surface area contributed by atoms with Crippen LogP contribution in [0.4, 0.5) is 10.3 Å². The van der Waals surface area contributed by atoms with E-state index in [9.17, 15) is 4.39 Å². The fourth-order valence-electron chi connectivity index (χ4n) is 1.75. The third-order valence-electron chi connectivity index (χ3n) is 2.58. The summed E-state index contributed by atoms with van der Waals surface area (Å²) in [7, 11) is 1.64. The Bertz CT molecular complexity index is 571. The molecule has 1 heterocycles. The molecule has 0 aliphatic carbocycles. The molecule has 0 spiro atoms. The summed E-state index contributed by atoms with van der Waals surface area (Å²) in [5.41, 5.74) is 1.53. The Hall–Kier alpha value is -1.59. The predicted molar refractivity (Wildman–Crippen MR) is 73.6 cm³/mol. The summed E-state index contributed by atoms with van der Waals surface area (Å²) in [5.74, 6) is 0.294. The number of rotatable bonds is 5. The summed E-state index contributed by atoms with van der Waals surface area (Å²) in [6.45, 7) is 3.09. The number of hydrogen-bond donors (Lipinski definition) is 1. The summed E-state index contributed by atoms with van der Waals surface area (Å²) in [6.07, 6.45) is 1.84. The fourth-order valence-corrected chi connectivity index (χ4v) is 2.01. The first kappa shape index (κ1) is 13.8. The monoisotopic (exact) mass is 283 g/mol. The molecule has 0 saturated heterocycles. The van der Waals surface area contributed by atoms with Gasteiger partial charge in [0.25, 0.3) is 0 Å². The molecule has 1 aromatic carbocycles. The van der Waals surface area contributed by atoms with E-state index in [1.165, 1.54) is 12.1 Å². The van der Waals surface area contributed by atoms with Gasteiger partial charge in [-0.2, -0.15) is 0 Å². The van der Waals surface area contributed by atoms with Crippen LogP contribution in [0.25, 0.3) is 5.69 Å². The maximum absolute atomic E-state index is 13.1. The van der Waals surface area contributed by atoms with Crippen LogP contribution in [0.2, 0.25) is 5.02 Å². The van der Waals surface area contributed by atoms with Crippen LogP contribution < -0.4 is 5.32 Å². The molecule has 0 fully saturated rings. The minimum absolute atomic E-state index is 0.340. The average molecular weight is 284 g/mol. The molecule has 2 aromatic rings. The molecule has 0 unspecified atom stereocenters. The van der Waals surface area contributed by atoms with Crippen LogP contribution in [-0.2, 0) is 4.74 Å². The van der Waals surface area contributed by atoms with Crippen molar-refractivity contribution in [3.8, 4) is 5.69 Å². The number of benzene rings is 1. The van der Waals surface area contributed by atoms with E-state index in [2.05, 4.69) is 10.3 Å². The molecule has 0 atom stereocenters. The fraction of sp³-hybridized carbons (Fsp3) is 0.308. The molecule has 0 aliphatic heterocycles. The van der Waals surface area contributed by atoms with Crippen LogP contribution in [0.5, 0.6) is 0 Å². The number of imidazole rings is 1. The number of ether oxygens (including phenoxy) is 1. The molecule has 0 bridgehead atoms. The lowest BCUT2D eigenvalue weighted by molar-refractivity contribution is 0.210. The van der Waals surface area contributed by atoms with Gasteiger partial charge in [-0.1, -0.05) is 11.6 Å². The number of hydrogen-bond acceptors (Lipinski definition) is 3. The third-order valence-corrected chi connectivity index (χ3v) is 2.89. The molecule has 2 rings (SSSR count). The molecule has 1 N–H and O–H groups in total. The lowest BCUT2D eigenvalue weighted by Crippen LogP contribution is -2.11. The van der Waals surface area contributed by atoms with Crippen molar-refractivity contribution in [1.82, 2.24) is 9.55 Å². The molecule has 0 amide bonds. The zero-order valence-corrected chi connectivity index (χ0v) is 11.5. The lowest BCUT2D eigenvalue weighted by Gasteiger charge is -2.10. The molecular formula is C13H15ClFN3O. The second kappa shape index (κ2) is 6.04. The van der Waals surface area contributed by atoms with Crippen molar-refractivity contribution in [3.05, 3.63) is 40.9 Å². The summed E-state index contributed by atoms with van der Waals surface area (Å²) >= 11 is 6.07. The Labute approximate surface area is 116 Å². The summed E-state index contributed by atoms with van der Waals surface area (Å²) in [5, 5.41) is 3.49. The Kier molecular flexibility index (Phi) is 4.39. The number of nitrogens with zero attached hydrogens (tertiary/aromatic N) is 2. The normalized spacial score (nSPS) is 10.7. The third kappa shape index (κ3) is 3.24. The van der Waals surface area contributed by atoms with E-state index in [0.717, 1.165) is 5.69 Å². The quantitative estimate of drug-likeness (QED) is 0.857. The number of halogens is 2. The second-order valence-electron chi connectivity index (χ2n) is 4.09. The average Bonchev–Trinajstić information content (AvgIpc) is 2.71. The Morgan fingerprint density at radius 3 is 2.95 bits per heavy atom. The van der Waals surface area contributed by atoms with Gasteiger partial charge in [0.1, 0.15) is 5.82 Å². The van der Waals surface area contributed by atoms with Gasteiger partial charge < -0.3 is 10.1 Å². The summed E-state index contributed by atoms with van der Waals surface area (Å²) in [6, 6.07) is 4.28. The molecule has 102 valence electrons. The number of anilines is 1. The van der Waals surface area contributed by atoms with Gasteiger partial charge in [-0.05, 0) is 25.1 Å². The standard InChI is InChI=1S/C13H15ClFN3O/c1-9-8-18(13(17-9)16-5-6-19-2)12-4-3-10(15)7-11(12)14/h3-4,7-8H,5-6H2,1-2H3,(H,16,17). The van der Waals surface area contributed by atoms with E-state index in [4.69, 9.17) is 16.3 Å². The molecule has 0 saturated carbocycles. The number of aromatic nitrogens is 2. The van der Waals surface area contributed by atoms with E-state index in [1.807, 2.05) is 13.1 Å². The maximum Gasteiger partial charge on any atom is 0.207 e. The zero-order chi connectivity index (χ0) is 13.8. The number of methoxy groups -OCH3 is 1.